The van der Waals surface area contributed by atoms with Gasteiger partial charge in [-0.3, -0.25) is 9.59 Å². The van der Waals surface area contributed by atoms with Crippen LogP contribution in [0.5, 0.6) is 0 Å². The Morgan fingerprint density at radius 3 is 2.96 bits per heavy atom. The maximum Gasteiger partial charge on any atom is 0.234 e. The first-order chi connectivity index (χ1) is 13.5. The fourth-order valence-corrected chi connectivity index (χ4v) is 4.29. The van der Waals surface area contributed by atoms with Gasteiger partial charge in [-0.2, -0.15) is 0 Å². The zero-order valence-corrected chi connectivity index (χ0v) is 16.7. The highest BCUT2D eigenvalue weighted by molar-refractivity contribution is 7.15. The lowest BCUT2D eigenvalue weighted by Gasteiger charge is -2.24. The molecule has 7 heteroatoms. The number of rotatable bonds is 4. The molecule has 0 spiro atoms. The number of para-hydroxylation sites is 1. The van der Waals surface area contributed by atoms with Crippen LogP contribution in [0.4, 0.5) is 10.8 Å². The second kappa shape index (κ2) is 7.73. The van der Waals surface area contributed by atoms with Crippen molar-refractivity contribution in [3.05, 3.63) is 75.3 Å². The number of hydrogen-bond donors (Lipinski definition) is 2. The lowest BCUT2D eigenvalue weighted by Crippen LogP contribution is -2.30. The van der Waals surface area contributed by atoms with Gasteiger partial charge < -0.3 is 10.6 Å². The molecule has 0 aliphatic carbocycles. The second-order valence-corrected chi connectivity index (χ2v) is 8.30. The number of amides is 2. The van der Waals surface area contributed by atoms with Crippen molar-refractivity contribution < 1.29 is 9.59 Å². The van der Waals surface area contributed by atoms with E-state index >= 15 is 0 Å². The van der Waals surface area contributed by atoms with Crippen molar-refractivity contribution in [2.75, 3.05) is 10.6 Å². The van der Waals surface area contributed by atoms with Crippen LogP contribution in [0.25, 0.3) is 0 Å². The van der Waals surface area contributed by atoms with Crippen LogP contribution in [0.3, 0.4) is 0 Å². The molecule has 0 saturated carbocycles. The van der Waals surface area contributed by atoms with Crippen LogP contribution in [0.2, 0.25) is 5.02 Å². The molecule has 0 fully saturated rings. The highest BCUT2D eigenvalue weighted by atomic mass is 35.5. The predicted molar refractivity (Wildman–Crippen MR) is 112 cm³/mol. The van der Waals surface area contributed by atoms with Gasteiger partial charge in [0.1, 0.15) is 0 Å². The quantitative estimate of drug-likeness (QED) is 0.650. The topological polar surface area (TPSA) is 71.1 Å². The molecule has 3 aromatic rings. The average Bonchev–Trinajstić information content (AvgIpc) is 3.10. The predicted octanol–water partition coefficient (Wildman–Crippen LogP) is 4.76. The SMILES string of the molecule is Cc1ccc(Cc2cnc(NC(=O)[C@@H]3CC(=O)Nc4ccccc43)s2)cc1Cl. The van der Waals surface area contributed by atoms with E-state index < -0.39 is 5.92 Å². The van der Waals surface area contributed by atoms with E-state index in [1.165, 1.54) is 11.3 Å². The first-order valence-corrected chi connectivity index (χ1v) is 10.1. The van der Waals surface area contributed by atoms with Crippen molar-refractivity contribution in [2.45, 2.75) is 25.7 Å². The summed E-state index contributed by atoms with van der Waals surface area (Å²) < 4.78 is 0. The van der Waals surface area contributed by atoms with Crippen molar-refractivity contribution in [3.8, 4) is 0 Å². The van der Waals surface area contributed by atoms with Gasteiger partial charge in [0.15, 0.2) is 5.13 Å². The van der Waals surface area contributed by atoms with E-state index in [0.29, 0.717) is 17.2 Å². The minimum atomic E-state index is -0.520. The third-order valence-corrected chi connectivity index (χ3v) is 6.03. The molecule has 2 N–H and O–H groups in total. The van der Waals surface area contributed by atoms with E-state index in [2.05, 4.69) is 15.6 Å². The van der Waals surface area contributed by atoms with Gasteiger partial charge in [-0.15, -0.1) is 11.3 Å². The fraction of sp³-hybridized carbons (Fsp3) is 0.190. The van der Waals surface area contributed by atoms with Gasteiger partial charge in [0.25, 0.3) is 0 Å². The Morgan fingerprint density at radius 1 is 1.32 bits per heavy atom. The number of carbonyl (C=O) groups is 2. The molecule has 28 heavy (non-hydrogen) atoms. The number of carbonyl (C=O) groups excluding carboxylic acids is 2. The number of benzene rings is 2. The van der Waals surface area contributed by atoms with Crippen molar-refractivity contribution in [2.24, 2.45) is 0 Å². The minimum absolute atomic E-state index is 0.128. The fourth-order valence-electron chi connectivity index (χ4n) is 3.23. The summed E-state index contributed by atoms with van der Waals surface area (Å²) in [5.74, 6) is -0.898. The number of halogens is 1. The summed E-state index contributed by atoms with van der Waals surface area (Å²) >= 11 is 7.62. The Kier molecular flexibility index (Phi) is 5.15. The zero-order valence-electron chi connectivity index (χ0n) is 15.2. The Balaban J connectivity index is 1.47. The summed E-state index contributed by atoms with van der Waals surface area (Å²) in [6.07, 6.45) is 2.58. The van der Waals surface area contributed by atoms with Gasteiger partial charge in [-0.25, -0.2) is 4.98 Å². The van der Waals surface area contributed by atoms with Gasteiger partial charge in [0, 0.05) is 34.6 Å². The Labute approximate surface area is 171 Å². The highest BCUT2D eigenvalue weighted by Gasteiger charge is 2.30. The van der Waals surface area contributed by atoms with Crippen molar-refractivity contribution >= 4 is 45.6 Å². The maximum absolute atomic E-state index is 12.8. The zero-order chi connectivity index (χ0) is 19.7. The van der Waals surface area contributed by atoms with Crippen molar-refractivity contribution in [1.29, 1.82) is 0 Å². The van der Waals surface area contributed by atoms with E-state index in [4.69, 9.17) is 11.6 Å². The summed E-state index contributed by atoms with van der Waals surface area (Å²) in [6.45, 7) is 1.97. The van der Waals surface area contributed by atoms with Gasteiger partial charge in [0.05, 0.1) is 5.92 Å². The number of thiazole rings is 1. The standard InChI is InChI=1S/C21H18ClN3O2S/c1-12-6-7-13(9-17(12)22)8-14-11-23-21(28-14)25-20(27)16-10-19(26)24-18-5-3-2-4-15(16)18/h2-7,9,11,16H,8,10H2,1H3,(H,24,26)(H,23,25,27)/t16-/m1/s1. The summed E-state index contributed by atoms with van der Waals surface area (Å²) in [5.41, 5.74) is 3.65. The van der Waals surface area contributed by atoms with Crippen molar-refractivity contribution in [3.63, 3.8) is 0 Å². The van der Waals surface area contributed by atoms with Crippen LogP contribution in [0.1, 0.15) is 33.9 Å². The van der Waals surface area contributed by atoms with E-state index in [1.807, 2.05) is 43.3 Å². The number of fused-ring (bicyclic) bond motifs is 1. The Bertz CT molecular complexity index is 1060. The van der Waals surface area contributed by atoms with Gasteiger partial charge in [-0.05, 0) is 35.7 Å². The van der Waals surface area contributed by atoms with E-state index in [0.717, 1.165) is 26.6 Å². The molecule has 5 nitrogen and oxygen atoms in total. The number of aryl methyl sites for hydroxylation is 1. The molecule has 0 bridgehead atoms. The molecule has 1 aromatic heterocycles. The van der Waals surface area contributed by atoms with Crippen molar-refractivity contribution in [1.82, 2.24) is 4.98 Å². The molecule has 1 aliphatic heterocycles. The van der Waals surface area contributed by atoms with E-state index in [-0.39, 0.29) is 18.2 Å². The smallest absolute Gasteiger partial charge is 0.234 e. The van der Waals surface area contributed by atoms with E-state index in [1.54, 1.807) is 12.3 Å². The number of anilines is 2. The van der Waals surface area contributed by atoms with Gasteiger partial charge >= 0.3 is 0 Å². The molecule has 0 radical (unpaired) electrons. The van der Waals surface area contributed by atoms with Crippen LogP contribution >= 0.6 is 22.9 Å². The first kappa shape index (κ1) is 18.7. The monoisotopic (exact) mass is 411 g/mol. The Morgan fingerprint density at radius 2 is 2.14 bits per heavy atom. The molecule has 0 saturated heterocycles. The molecule has 0 unspecified atom stereocenters. The third-order valence-electron chi connectivity index (χ3n) is 4.71. The average molecular weight is 412 g/mol. The van der Waals surface area contributed by atoms with Crippen LogP contribution in [0.15, 0.2) is 48.7 Å². The molecule has 4 rings (SSSR count). The largest absolute Gasteiger partial charge is 0.326 e. The van der Waals surface area contributed by atoms with Gasteiger partial charge in [0.2, 0.25) is 11.8 Å². The molecule has 2 amide bonds. The number of hydrogen-bond acceptors (Lipinski definition) is 4. The summed E-state index contributed by atoms with van der Waals surface area (Å²) in [7, 11) is 0. The molecule has 2 heterocycles. The molecule has 1 aliphatic rings. The van der Waals surface area contributed by atoms with Crippen LogP contribution in [-0.4, -0.2) is 16.8 Å². The summed E-state index contributed by atoms with van der Waals surface area (Å²) in [5, 5.41) is 6.94. The van der Waals surface area contributed by atoms with Crippen LogP contribution in [-0.2, 0) is 16.0 Å². The molecular formula is C21H18ClN3O2S. The molecule has 142 valence electrons. The lowest BCUT2D eigenvalue weighted by atomic mass is 9.90. The summed E-state index contributed by atoms with van der Waals surface area (Å²) in [6, 6.07) is 13.4. The normalized spacial score (nSPS) is 15.6. The lowest BCUT2D eigenvalue weighted by molar-refractivity contribution is -0.123. The van der Waals surface area contributed by atoms with Crippen LogP contribution in [0, 0.1) is 6.92 Å². The number of aromatic nitrogens is 1. The number of nitrogens with zero attached hydrogens (tertiary/aromatic N) is 1. The third kappa shape index (κ3) is 3.93. The maximum atomic E-state index is 12.8. The summed E-state index contributed by atoms with van der Waals surface area (Å²) in [4.78, 5) is 30.1. The van der Waals surface area contributed by atoms with Crippen LogP contribution < -0.4 is 10.6 Å². The molecule has 2 aromatic carbocycles. The Hall–Kier alpha value is -2.70. The molecular weight excluding hydrogens is 394 g/mol. The first-order valence-electron chi connectivity index (χ1n) is 8.89. The minimum Gasteiger partial charge on any atom is -0.326 e. The van der Waals surface area contributed by atoms with Gasteiger partial charge in [-0.1, -0.05) is 41.9 Å². The van der Waals surface area contributed by atoms with E-state index in [9.17, 15) is 9.59 Å². The highest BCUT2D eigenvalue weighted by Crippen LogP contribution is 2.33. The second-order valence-electron chi connectivity index (χ2n) is 6.77. The number of nitrogens with one attached hydrogen (secondary N) is 2. The molecule has 1 atom stereocenters.